The van der Waals surface area contributed by atoms with Gasteiger partial charge in [0.1, 0.15) is 0 Å². The zero-order valence-electron chi connectivity index (χ0n) is 14.8. The van der Waals surface area contributed by atoms with E-state index in [-0.39, 0.29) is 18.1 Å². The number of hydrogen-bond donors (Lipinski definition) is 1. The predicted octanol–water partition coefficient (Wildman–Crippen LogP) is 3.72. The predicted molar refractivity (Wildman–Crippen MR) is 91.2 cm³/mol. The molecule has 2 rings (SSSR count). The highest BCUT2D eigenvalue weighted by atomic mass is 19.4. The summed E-state index contributed by atoms with van der Waals surface area (Å²) in [5.41, 5.74) is -0.599. The van der Waals surface area contributed by atoms with Crippen LogP contribution in [0.2, 0.25) is 0 Å². The van der Waals surface area contributed by atoms with Gasteiger partial charge in [-0.15, -0.1) is 0 Å². The highest BCUT2D eigenvalue weighted by Crippen LogP contribution is 2.32. The van der Waals surface area contributed by atoms with Gasteiger partial charge in [0.05, 0.1) is 5.56 Å². The van der Waals surface area contributed by atoms with E-state index in [9.17, 15) is 18.0 Å². The summed E-state index contributed by atoms with van der Waals surface area (Å²) in [7, 11) is 3.60. The summed E-state index contributed by atoms with van der Waals surface area (Å²) in [5.74, 6) is 0. The minimum atomic E-state index is -4.42. The molecule has 7 heteroatoms. The molecule has 0 bridgehead atoms. The molecule has 140 valence electrons. The SMILES string of the molecule is CN(Cc1ccccc1C(F)(F)F)C(=O)NCC[C@H]1CCCCN1C. The summed E-state index contributed by atoms with van der Waals surface area (Å²) in [6, 6.07) is 5.46. The van der Waals surface area contributed by atoms with Gasteiger partial charge in [-0.3, -0.25) is 0 Å². The maximum atomic E-state index is 13.0. The Bertz CT molecular complexity index is 577. The van der Waals surface area contributed by atoms with E-state index in [0.29, 0.717) is 12.6 Å². The maximum absolute atomic E-state index is 13.0. The minimum Gasteiger partial charge on any atom is -0.338 e. The van der Waals surface area contributed by atoms with Gasteiger partial charge in [0.2, 0.25) is 0 Å². The summed E-state index contributed by atoms with van der Waals surface area (Å²) in [6.45, 7) is 1.52. The standard InChI is InChI=1S/C18H26F3N3O/c1-23-12-6-5-8-15(23)10-11-22-17(25)24(2)13-14-7-3-4-9-16(14)18(19,20)21/h3-4,7,9,15H,5-6,8,10-13H2,1-2H3,(H,22,25)/t15-/m1/s1. The number of urea groups is 1. The number of halogens is 3. The Balaban J connectivity index is 1.84. The van der Waals surface area contributed by atoms with Crippen molar-refractivity contribution in [1.82, 2.24) is 15.1 Å². The van der Waals surface area contributed by atoms with Crippen molar-refractivity contribution >= 4 is 6.03 Å². The third-order valence-corrected chi connectivity index (χ3v) is 4.75. The van der Waals surface area contributed by atoms with E-state index in [4.69, 9.17) is 0 Å². The molecule has 1 N–H and O–H groups in total. The number of benzene rings is 1. The van der Waals surface area contributed by atoms with Crippen molar-refractivity contribution in [3.63, 3.8) is 0 Å². The van der Waals surface area contributed by atoms with Crippen LogP contribution in [0.3, 0.4) is 0 Å². The molecule has 4 nitrogen and oxygen atoms in total. The first kappa shape index (κ1) is 19.6. The van der Waals surface area contributed by atoms with Crippen LogP contribution >= 0.6 is 0 Å². The van der Waals surface area contributed by atoms with Crippen LogP contribution in [0.25, 0.3) is 0 Å². The van der Waals surface area contributed by atoms with Gasteiger partial charge in [-0.05, 0) is 44.5 Å². The van der Waals surface area contributed by atoms with Crippen molar-refractivity contribution in [1.29, 1.82) is 0 Å². The van der Waals surface area contributed by atoms with E-state index in [1.807, 2.05) is 0 Å². The van der Waals surface area contributed by atoms with Gasteiger partial charge in [0, 0.05) is 26.2 Å². The Morgan fingerprint density at radius 3 is 2.72 bits per heavy atom. The molecule has 1 heterocycles. The Kier molecular flexibility index (Phi) is 6.70. The van der Waals surface area contributed by atoms with Crippen LogP contribution in [-0.4, -0.2) is 49.1 Å². The van der Waals surface area contributed by atoms with E-state index in [1.54, 1.807) is 6.07 Å². The van der Waals surface area contributed by atoms with Crippen LogP contribution in [0.4, 0.5) is 18.0 Å². The van der Waals surface area contributed by atoms with Crippen molar-refractivity contribution < 1.29 is 18.0 Å². The van der Waals surface area contributed by atoms with Gasteiger partial charge < -0.3 is 15.1 Å². The molecule has 0 aromatic heterocycles. The molecule has 0 spiro atoms. The number of carbonyl (C=O) groups is 1. The first-order chi connectivity index (χ1) is 11.8. The van der Waals surface area contributed by atoms with Crippen LogP contribution in [0.5, 0.6) is 0 Å². The summed E-state index contributed by atoms with van der Waals surface area (Å²) < 4.78 is 39.1. The lowest BCUT2D eigenvalue weighted by Gasteiger charge is -2.32. The van der Waals surface area contributed by atoms with Gasteiger partial charge >= 0.3 is 12.2 Å². The fourth-order valence-electron chi connectivity index (χ4n) is 3.25. The third-order valence-electron chi connectivity index (χ3n) is 4.75. The smallest absolute Gasteiger partial charge is 0.338 e. The lowest BCUT2D eigenvalue weighted by molar-refractivity contribution is -0.138. The highest BCUT2D eigenvalue weighted by molar-refractivity contribution is 5.73. The summed E-state index contributed by atoms with van der Waals surface area (Å²) in [6.07, 6.45) is -0.0202. The molecule has 1 aliphatic rings. The fraction of sp³-hybridized carbons (Fsp3) is 0.611. The zero-order valence-corrected chi connectivity index (χ0v) is 14.8. The Labute approximate surface area is 147 Å². The molecule has 1 aliphatic heterocycles. The fourth-order valence-corrected chi connectivity index (χ4v) is 3.25. The van der Waals surface area contributed by atoms with Gasteiger partial charge in [-0.1, -0.05) is 24.6 Å². The number of nitrogens with one attached hydrogen (secondary N) is 1. The largest absolute Gasteiger partial charge is 0.416 e. The molecule has 0 unspecified atom stereocenters. The van der Waals surface area contributed by atoms with E-state index in [2.05, 4.69) is 17.3 Å². The number of likely N-dealkylation sites (tertiary alicyclic amines) is 1. The second-order valence-electron chi connectivity index (χ2n) is 6.66. The van der Waals surface area contributed by atoms with Gasteiger partial charge in [0.25, 0.3) is 0 Å². The minimum absolute atomic E-state index is 0.0785. The van der Waals surface area contributed by atoms with E-state index in [1.165, 1.54) is 36.9 Å². The molecule has 2 amide bonds. The Hall–Kier alpha value is -1.76. The summed E-state index contributed by atoms with van der Waals surface area (Å²) >= 11 is 0. The lowest BCUT2D eigenvalue weighted by Crippen LogP contribution is -2.41. The summed E-state index contributed by atoms with van der Waals surface area (Å²) in [5, 5.41) is 2.81. The number of rotatable bonds is 5. The Morgan fingerprint density at radius 2 is 2.04 bits per heavy atom. The molecule has 0 saturated carbocycles. The number of piperidine rings is 1. The average Bonchev–Trinajstić information content (AvgIpc) is 2.56. The van der Waals surface area contributed by atoms with Gasteiger partial charge in [-0.25, -0.2) is 4.79 Å². The highest BCUT2D eigenvalue weighted by Gasteiger charge is 2.33. The van der Waals surface area contributed by atoms with Crippen molar-refractivity contribution in [2.24, 2.45) is 0 Å². The van der Waals surface area contributed by atoms with E-state index >= 15 is 0 Å². The Morgan fingerprint density at radius 1 is 1.32 bits per heavy atom. The van der Waals surface area contributed by atoms with E-state index < -0.39 is 11.7 Å². The zero-order chi connectivity index (χ0) is 18.4. The second-order valence-corrected chi connectivity index (χ2v) is 6.66. The molecule has 1 fully saturated rings. The monoisotopic (exact) mass is 357 g/mol. The third kappa shape index (κ3) is 5.63. The van der Waals surface area contributed by atoms with Gasteiger partial charge in [0.15, 0.2) is 0 Å². The summed E-state index contributed by atoms with van der Waals surface area (Å²) in [4.78, 5) is 15.7. The van der Waals surface area contributed by atoms with Gasteiger partial charge in [-0.2, -0.15) is 13.2 Å². The van der Waals surface area contributed by atoms with Crippen LogP contribution in [-0.2, 0) is 12.7 Å². The normalized spacial score (nSPS) is 18.8. The van der Waals surface area contributed by atoms with Crippen LogP contribution in [0, 0.1) is 0 Å². The molecule has 0 radical (unpaired) electrons. The number of nitrogens with zero attached hydrogens (tertiary/aromatic N) is 2. The van der Waals surface area contributed by atoms with Crippen molar-refractivity contribution in [3.05, 3.63) is 35.4 Å². The van der Waals surface area contributed by atoms with Crippen LogP contribution < -0.4 is 5.32 Å². The molecule has 1 saturated heterocycles. The molecule has 0 aliphatic carbocycles. The van der Waals surface area contributed by atoms with Crippen molar-refractivity contribution in [3.8, 4) is 0 Å². The molecule has 1 aromatic carbocycles. The molecule has 1 atom stereocenters. The molecule has 1 aromatic rings. The quantitative estimate of drug-likeness (QED) is 0.872. The second kappa shape index (κ2) is 8.56. The molecular weight excluding hydrogens is 331 g/mol. The number of carbonyl (C=O) groups excluding carboxylic acids is 1. The molecule has 25 heavy (non-hydrogen) atoms. The number of amides is 2. The number of alkyl halides is 3. The lowest BCUT2D eigenvalue weighted by atomic mass is 10.0. The van der Waals surface area contributed by atoms with Crippen LogP contribution in [0.1, 0.15) is 36.8 Å². The first-order valence-corrected chi connectivity index (χ1v) is 8.63. The van der Waals surface area contributed by atoms with Crippen LogP contribution in [0.15, 0.2) is 24.3 Å². The first-order valence-electron chi connectivity index (χ1n) is 8.63. The topological polar surface area (TPSA) is 35.6 Å². The maximum Gasteiger partial charge on any atom is 0.416 e. The van der Waals surface area contributed by atoms with E-state index in [0.717, 1.165) is 25.5 Å². The van der Waals surface area contributed by atoms with Crippen molar-refractivity contribution in [2.45, 2.75) is 44.4 Å². The molecular formula is C18H26F3N3O. The number of hydrogen-bond acceptors (Lipinski definition) is 2. The van der Waals surface area contributed by atoms with Crippen molar-refractivity contribution in [2.75, 3.05) is 27.2 Å². The average molecular weight is 357 g/mol.